The molecule has 16 heavy (non-hydrogen) atoms. The minimum Gasteiger partial charge on any atom is -0.479 e. The summed E-state index contributed by atoms with van der Waals surface area (Å²) in [6, 6.07) is 0. The highest BCUT2D eigenvalue weighted by Crippen LogP contribution is 2.01. The van der Waals surface area contributed by atoms with Crippen LogP contribution in [0.15, 0.2) is 0 Å². The Labute approximate surface area is 97.3 Å². The van der Waals surface area contributed by atoms with Crippen LogP contribution >= 0.6 is 0 Å². The first-order valence-corrected chi connectivity index (χ1v) is 5.63. The van der Waals surface area contributed by atoms with Gasteiger partial charge in [-0.05, 0) is 26.8 Å². The van der Waals surface area contributed by atoms with E-state index in [2.05, 4.69) is 4.90 Å². The van der Waals surface area contributed by atoms with Crippen LogP contribution in [-0.4, -0.2) is 62.5 Å². The number of rotatable bonds is 10. The normalized spacial score (nSPS) is 13.0. The molecule has 0 heterocycles. The Morgan fingerprint density at radius 1 is 1.44 bits per heavy atom. The number of aliphatic carboxylic acids is 1. The van der Waals surface area contributed by atoms with E-state index < -0.39 is 12.1 Å². The second kappa shape index (κ2) is 9.57. The summed E-state index contributed by atoms with van der Waals surface area (Å²) in [6.07, 6.45) is 0.793. The maximum Gasteiger partial charge on any atom is 0.332 e. The average molecular weight is 233 g/mol. The molecule has 0 saturated heterocycles. The van der Waals surface area contributed by atoms with Crippen LogP contribution in [0.5, 0.6) is 0 Å². The van der Waals surface area contributed by atoms with Crippen LogP contribution in [0.25, 0.3) is 0 Å². The van der Waals surface area contributed by atoms with Gasteiger partial charge in [-0.3, -0.25) is 0 Å². The molecule has 0 saturated carbocycles. The quantitative estimate of drug-likeness (QED) is 0.566. The van der Waals surface area contributed by atoms with Gasteiger partial charge in [0.05, 0.1) is 0 Å². The van der Waals surface area contributed by atoms with Gasteiger partial charge in [0.15, 0.2) is 6.10 Å². The lowest BCUT2D eigenvalue weighted by molar-refractivity contribution is -0.150. The second-order valence-electron chi connectivity index (χ2n) is 3.72. The average Bonchev–Trinajstić information content (AvgIpc) is 2.24. The fraction of sp³-hybridized carbons (Fsp3) is 0.909. The molecule has 0 aliphatic carbocycles. The van der Waals surface area contributed by atoms with Crippen LogP contribution in [-0.2, 0) is 14.3 Å². The molecule has 96 valence electrons. The van der Waals surface area contributed by atoms with Crippen molar-refractivity contribution in [3.8, 4) is 0 Å². The minimum atomic E-state index is -0.882. The smallest absolute Gasteiger partial charge is 0.332 e. The number of hydrogen-bond acceptors (Lipinski definition) is 4. The molecule has 5 heteroatoms. The van der Waals surface area contributed by atoms with Crippen molar-refractivity contribution in [1.29, 1.82) is 0 Å². The summed E-state index contributed by atoms with van der Waals surface area (Å²) in [4.78, 5) is 12.9. The SMILES string of the molecule is CCOC(CCN(C)CCCOC)C(=O)O. The van der Waals surface area contributed by atoms with E-state index >= 15 is 0 Å². The number of nitrogens with zero attached hydrogens (tertiary/aromatic N) is 1. The van der Waals surface area contributed by atoms with Crippen molar-refractivity contribution in [2.45, 2.75) is 25.9 Å². The van der Waals surface area contributed by atoms with Gasteiger partial charge in [0.2, 0.25) is 0 Å². The van der Waals surface area contributed by atoms with E-state index in [0.29, 0.717) is 13.0 Å². The lowest BCUT2D eigenvalue weighted by Crippen LogP contribution is -2.30. The van der Waals surface area contributed by atoms with Gasteiger partial charge in [0.25, 0.3) is 0 Å². The molecular weight excluding hydrogens is 210 g/mol. The number of carbonyl (C=O) groups is 1. The van der Waals surface area contributed by atoms with E-state index in [4.69, 9.17) is 14.6 Å². The third kappa shape index (κ3) is 7.62. The van der Waals surface area contributed by atoms with Gasteiger partial charge in [0.1, 0.15) is 0 Å². The number of carboxylic acid groups (broad SMARTS) is 1. The fourth-order valence-electron chi connectivity index (χ4n) is 1.41. The van der Waals surface area contributed by atoms with E-state index in [9.17, 15) is 4.79 Å². The number of carboxylic acids is 1. The zero-order chi connectivity index (χ0) is 12.4. The highest BCUT2D eigenvalue weighted by atomic mass is 16.5. The Morgan fingerprint density at radius 3 is 2.62 bits per heavy atom. The van der Waals surface area contributed by atoms with Gasteiger partial charge < -0.3 is 19.5 Å². The summed E-state index contributed by atoms with van der Waals surface area (Å²) < 4.78 is 10.1. The molecule has 0 amide bonds. The maximum absolute atomic E-state index is 10.8. The van der Waals surface area contributed by atoms with Crippen molar-refractivity contribution >= 4 is 5.97 Å². The summed E-state index contributed by atoms with van der Waals surface area (Å²) >= 11 is 0. The third-order valence-corrected chi connectivity index (χ3v) is 2.30. The highest BCUT2D eigenvalue weighted by molar-refractivity contribution is 5.72. The summed E-state index contributed by atoms with van der Waals surface area (Å²) in [5.74, 6) is -0.882. The van der Waals surface area contributed by atoms with Crippen molar-refractivity contribution in [1.82, 2.24) is 4.90 Å². The fourth-order valence-corrected chi connectivity index (χ4v) is 1.41. The van der Waals surface area contributed by atoms with Crippen molar-refractivity contribution in [2.24, 2.45) is 0 Å². The van der Waals surface area contributed by atoms with Gasteiger partial charge >= 0.3 is 5.97 Å². The Bertz CT molecular complexity index is 187. The molecule has 0 aromatic carbocycles. The standard InChI is InChI=1S/C11H23NO4/c1-4-16-10(11(13)14)6-8-12(2)7-5-9-15-3/h10H,4-9H2,1-3H3,(H,13,14). The van der Waals surface area contributed by atoms with Crippen LogP contribution in [0.2, 0.25) is 0 Å². The number of hydrogen-bond donors (Lipinski definition) is 1. The molecule has 0 bridgehead atoms. The van der Waals surface area contributed by atoms with E-state index in [1.807, 2.05) is 7.05 Å². The van der Waals surface area contributed by atoms with Gasteiger partial charge in [-0.1, -0.05) is 0 Å². The number of ether oxygens (including phenoxy) is 2. The zero-order valence-electron chi connectivity index (χ0n) is 10.4. The first-order chi connectivity index (χ1) is 7.61. The lowest BCUT2D eigenvalue weighted by atomic mass is 10.2. The molecule has 0 radical (unpaired) electrons. The molecule has 1 unspecified atom stereocenters. The summed E-state index contributed by atoms with van der Waals surface area (Å²) in [5, 5.41) is 8.87. The van der Waals surface area contributed by atoms with Crippen LogP contribution in [0, 0.1) is 0 Å². The van der Waals surface area contributed by atoms with Crippen LogP contribution in [0.3, 0.4) is 0 Å². The van der Waals surface area contributed by atoms with Crippen LogP contribution < -0.4 is 0 Å². The van der Waals surface area contributed by atoms with Crippen molar-refractivity contribution in [3.63, 3.8) is 0 Å². The van der Waals surface area contributed by atoms with Gasteiger partial charge in [-0.2, -0.15) is 0 Å². The van der Waals surface area contributed by atoms with E-state index in [1.165, 1.54) is 0 Å². The first-order valence-electron chi connectivity index (χ1n) is 5.63. The highest BCUT2D eigenvalue weighted by Gasteiger charge is 2.17. The number of methoxy groups -OCH3 is 1. The molecule has 1 N–H and O–H groups in total. The molecule has 1 atom stereocenters. The molecule has 0 fully saturated rings. The van der Waals surface area contributed by atoms with Gasteiger partial charge in [-0.25, -0.2) is 4.79 Å². The summed E-state index contributed by atoms with van der Waals surface area (Å²) in [5.41, 5.74) is 0. The molecular formula is C11H23NO4. The van der Waals surface area contributed by atoms with E-state index in [1.54, 1.807) is 14.0 Å². The molecule has 5 nitrogen and oxygen atoms in total. The van der Waals surface area contributed by atoms with Gasteiger partial charge in [-0.15, -0.1) is 0 Å². The second-order valence-corrected chi connectivity index (χ2v) is 3.72. The van der Waals surface area contributed by atoms with Crippen molar-refractivity contribution in [2.75, 3.05) is 40.5 Å². The molecule has 0 rings (SSSR count). The van der Waals surface area contributed by atoms with Crippen LogP contribution in [0.4, 0.5) is 0 Å². The minimum absolute atomic E-state index is 0.435. The van der Waals surface area contributed by atoms with E-state index in [0.717, 1.165) is 26.1 Å². The maximum atomic E-state index is 10.8. The molecule has 0 aromatic heterocycles. The summed E-state index contributed by atoms with van der Waals surface area (Å²) in [7, 11) is 3.65. The Hall–Kier alpha value is -0.650. The topological polar surface area (TPSA) is 59.0 Å². The van der Waals surface area contributed by atoms with Crippen molar-refractivity contribution in [3.05, 3.63) is 0 Å². The third-order valence-electron chi connectivity index (χ3n) is 2.30. The Kier molecular flexibility index (Phi) is 9.18. The predicted octanol–water partition coefficient (Wildman–Crippen LogP) is 0.835. The summed E-state index contributed by atoms with van der Waals surface area (Å²) in [6.45, 7) is 4.60. The molecule has 0 aromatic rings. The van der Waals surface area contributed by atoms with E-state index in [-0.39, 0.29) is 0 Å². The predicted molar refractivity (Wildman–Crippen MR) is 61.7 cm³/mol. The van der Waals surface area contributed by atoms with Crippen molar-refractivity contribution < 1.29 is 19.4 Å². The zero-order valence-corrected chi connectivity index (χ0v) is 10.4. The first kappa shape index (κ1) is 15.3. The molecule has 0 spiro atoms. The molecule has 0 aliphatic heterocycles. The van der Waals surface area contributed by atoms with Gasteiger partial charge in [0, 0.05) is 33.4 Å². The Morgan fingerprint density at radius 2 is 2.12 bits per heavy atom. The lowest BCUT2D eigenvalue weighted by Gasteiger charge is -2.19. The monoisotopic (exact) mass is 233 g/mol. The largest absolute Gasteiger partial charge is 0.479 e. The Balaban J connectivity index is 3.69. The van der Waals surface area contributed by atoms with Crippen LogP contribution in [0.1, 0.15) is 19.8 Å². The molecule has 0 aliphatic rings.